The Hall–Kier alpha value is -2.56. The highest BCUT2D eigenvalue weighted by atomic mass is 35.5. The molecule has 1 unspecified atom stereocenters. The molecule has 9 nitrogen and oxygen atoms in total. The molecule has 40 heavy (non-hydrogen) atoms. The van der Waals surface area contributed by atoms with E-state index in [1.54, 1.807) is 0 Å². The number of nitrogens with one attached hydrogen (secondary N) is 1. The average Bonchev–Trinajstić information content (AvgIpc) is 3.40. The summed E-state index contributed by atoms with van der Waals surface area (Å²) in [6, 6.07) is 6.51. The Labute approximate surface area is 249 Å². The maximum absolute atomic E-state index is 7.20. The van der Waals surface area contributed by atoms with Gasteiger partial charge in [0.15, 0.2) is 11.0 Å². The molecular formula is C28H33Cl3N8O. The Morgan fingerprint density at radius 3 is 2.52 bits per heavy atom. The molecule has 2 aromatic heterocycles. The van der Waals surface area contributed by atoms with Crippen LogP contribution in [0.2, 0.25) is 15.2 Å². The van der Waals surface area contributed by atoms with Crippen LogP contribution in [-0.4, -0.2) is 77.4 Å². The highest BCUT2D eigenvalue weighted by Gasteiger charge is 2.33. The number of benzene rings is 1. The number of hydrogen-bond acceptors (Lipinski definition) is 9. The number of rotatable bonds is 5. The summed E-state index contributed by atoms with van der Waals surface area (Å²) < 4.78 is 5.88. The van der Waals surface area contributed by atoms with Gasteiger partial charge in [0.2, 0.25) is 0 Å². The summed E-state index contributed by atoms with van der Waals surface area (Å²) in [5, 5.41) is 4.56. The van der Waals surface area contributed by atoms with Crippen LogP contribution in [0.4, 0.5) is 28.7 Å². The van der Waals surface area contributed by atoms with Crippen LogP contribution in [-0.2, 0) is 4.74 Å². The van der Waals surface area contributed by atoms with E-state index in [1.807, 2.05) is 24.4 Å². The molecule has 3 aliphatic heterocycles. The fourth-order valence-electron chi connectivity index (χ4n) is 6.13. The zero-order valence-corrected chi connectivity index (χ0v) is 24.8. The molecular weight excluding hydrogens is 571 g/mol. The molecule has 0 saturated carbocycles. The molecule has 3 N–H and O–H groups in total. The Morgan fingerprint density at radius 1 is 0.975 bits per heavy atom. The van der Waals surface area contributed by atoms with Gasteiger partial charge in [-0.3, -0.25) is 4.90 Å². The highest BCUT2D eigenvalue weighted by Crippen LogP contribution is 2.47. The molecule has 12 heteroatoms. The lowest BCUT2D eigenvalue weighted by molar-refractivity contribution is -0.00545. The van der Waals surface area contributed by atoms with Crippen LogP contribution in [0.5, 0.6) is 0 Å². The van der Waals surface area contributed by atoms with E-state index in [9.17, 15) is 0 Å². The minimum Gasteiger partial charge on any atom is -0.393 e. The number of nitrogens with zero attached hydrogens (tertiary/aromatic N) is 6. The van der Waals surface area contributed by atoms with Crippen molar-refractivity contribution in [3.8, 4) is 11.1 Å². The second kappa shape index (κ2) is 11.4. The van der Waals surface area contributed by atoms with Gasteiger partial charge < -0.3 is 25.6 Å². The van der Waals surface area contributed by atoms with Crippen molar-refractivity contribution in [1.82, 2.24) is 19.9 Å². The van der Waals surface area contributed by atoms with Crippen molar-refractivity contribution in [2.75, 3.05) is 60.1 Å². The standard InChI is InChI=1S/C28H33Cl3N8O/c1-16-12-39(13-17(2)40-16)22-6-5-18(11-33-22)23-20(29)10-21(38-9-8-37-7-3-4-19(37)14-38)26(24(23)30)36-28-25(32)27(31)34-15-35-28/h5-6,10-11,15-17,19H,3-4,7-9,12-14,32H2,1-2H3,(H,34,35,36)/t16-,17+,19?. The zero-order chi connectivity index (χ0) is 28.0. The number of pyridine rings is 1. The number of nitrogen functional groups attached to an aromatic ring is 1. The van der Waals surface area contributed by atoms with E-state index < -0.39 is 0 Å². The van der Waals surface area contributed by atoms with Gasteiger partial charge >= 0.3 is 0 Å². The van der Waals surface area contributed by atoms with Gasteiger partial charge in [-0.2, -0.15) is 0 Å². The number of ether oxygens (including phenoxy) is 1. The van der Waals surface area contributed by atoms with E-state index in [0.717, 1.165) is 56.3 Å². The van der Waals surface area contributed by atoms with Crippen molar-refractivity contribution < 1.29 is 4.74 Å². The van der Waals surface area contributed by atoms with Crippen LogP contribution in [0.15, 0.2) is 30.7 Å². The molecule has 3 fully saturated rings. The molecule has 5 heterocycles. The largest absolute Gasteiger partial charge is 0.393 e. The van der Waals surface area contributed by atoms with Crippen molar-refractivity contribution in [3.63, 3.8) is 0 Å². The molecule has 0 amide bonds. The van der Waals surface area contributed by atoms with E-state index in [2.05, 4.69) is 43.8 Å². The molecule has 0 bridgehead atoms. The second-order valence-corrected chi connectivity index (χ2v) is 12.0. The summed E-state index contributed by atoms with van der Waals surface area (Å²) in [6.45, 7) is 9.65. The Kier molecular flexibility index (Phi) is 7.85. The van der Waals surface area contributed by atoms with Gasteiger partial charge in [-0.1, -0.05) is 34.8 Å². The molecule has 0 radical (unpaired) electrons. The maximum atomic E-state index is 7.20. The van der Waals surface area contributed by atoms with Crippen LogP contribution in [0.25, 0.3) is 11.1 Å². The number of fused-ring (bicyclic) bond motifs is 1. The number of halogens is 3. The minimum absolute atomic E-state index is 0.143. The van der Waals surface area contributed by atoms with E-state index in [0.29, 0.717) is 33.2 Å². The first-order valence-corrected chi connectivity index (χ1v) is 14.8. The average molecular weight is 604 g/mol. The first-order chi connectivity index (χ1) is 19.3. The first kappa shape index (κ1) is 27.6. The van der Waals surface area contributed by atoms with Crippen molar-refractivity contribution in [2.24, 2.45) is 0 Å². The summed E-state index contributed by atoms with van der Waals surface area (Å²) >= 11 is 20.4. The molecule has 3 aromatic rings. The lowest BCUT2D eigenvalue weighted by Crippen LogP contribution is -2.50. The summed E-state index contributed by atoms with van der Waals surface area (Å²) in [5.41, 5.74) is 9.57. The Morgan fingerprint density at radius 2 is 1.77 bits per heavy atom. The van der Waals surface area contributed by atoms with Crippen LogP contribution in [0.1, 0.15) is 26.7 Å². The van der Waals surface area contributed by atoms with Crippen molar-refractivity contribution >= 4 is 63.5 Å². The SMILES string of the molecule is C[C@@H]1CN(c2ccc(-c3c(Cl)cc(N4CCN5CCCC5C4)c(Nc4ncnc(Cl)c4N)c3Cl)cn2)C[C@H](C)O1. The fraction of sp³-hybridized carbons (Fsp3) is 0.464. The molecule has 0 aliphatic carbocycles. The van der Waals surface area contributed by atoms with Crippen LogP contribution < -0.4 is 20.9 Å². The number of anilines is 5. The number of morpholine rings is 1. The van der Waals surface area contributed by atoms with E-state index >= 15 is 0 Å². The monoisotopic (exact) mass is 602 g/mol. The predicted octanol–water partition coefficient (Wildman–Crippen LogP) is 5.72. The van der Waals surface area contributed by atoms with Crippen molar-refractivity contribution in [1.29, 1.82) is 0 Å². The normalized spacial score (nSPS) is 23.4. The number of hydrogen-bond donors (Lipinski definition) is 2. The zero-order valence-electron chi connectivity index (χ0n) is 22.6. The van der Waals surface area contributed by atoms with Crippen LogP contribution in [0, 0.1) is 0 Å². The third-order valence-electron chi connectivity index (χ3n) is 7.98. The van der Waals surface area contributed by atoms with Gasteiger partial charge in [-0.15, -0.1) is 0 Å². The van der Waals surface area contributed by atoms with Gasteiger partial charge in [0.25, 0.3) is 0 Å². The number of piperazine rings is 1. The molecule has 1 aromatic carbocycles. The van der Waals surface area contributed by atoms with Gasteiger partial charge in [0.1, 0.15) is 17.8 Å². The fourth-order valence-corrected chi connectivity index (χ4v) is 6.97. The topological polar surface area (TPSA) is 95.7 Å². The van der Waals surface area contributed by atoms with Crippen molar-refractivity contribution in [2.45, 2.75) is 44.9 Å². The quantitative estimate of drug-likeness (QED) is 0.355. The smallest absolute Gasteiger partial charge is 0.158 e. The van der Waals surface area contributed by atoms with E-state index in [4.69, 9.17) is 50.3 Å². The third-order valence-corrected chi connectivity index (χ3v) is 8.96. The molecule has 3 aliphatic rings. The predicted molar refractivity (Wildman–Crippen MR) is 163 cm³/mol. The highest BCUT2D eigenvalue weighted by molar-refractivity contribution is 6.42. The molecule has 3 saturated heterocycles. The number of nitrogens with two attached hydrogens (primary N) is 1. The van der Waals surface area contributed by atoms with Crippen molar-refractivity contribution in [3.05, 3.63) is 45.9 Å². The van der Waals surface area contributed by atoms with Gasteiger partial charge in [0, 0.05) is 56.1 Å². The Bertz CT molecular complexity index is 1380. The third kappa shape index (κ3) is 5.37. The van der Waals surface area contributed by atoms with Crippen LogP contribution >= 0.6 is 34.8 Å². The summed E-state index contributed by atoms with van der Waals surface area (Å²) in [7, 11) is 0. The molecule has 3 atom stereocenters. The van der Waals surface area contributed by atoms with E-state index in [1.165, 1.54) is 19.2 Å². The maximum Gasteiger partial charge on any atom is 0.158 e. The van der Waals surface area contributed by atoms with Crippen LogP contribution in [0.3, 0.4) is 0 Å². The summed E-state index contributed by atoms with van der Waals surface area (Å²) in [5.74, 6) is 1.28. The lowest BCUT2D eigenvalue weighted by atomic mass is 10.0. The Balaban J connectivity index is 1.38. The first-order valence-electron chi connectivity index (χ1n) is 13.7. The number of aromatic nitrogens is 3. The van der Waals surface area contributed by atoms with Gasteiger partial charge in [-0.05, 0) is 51.4 Å². The summed E-state index contributed by atoms with van der Waals surface area (Å²) in [4.78, 5) is 20.2. The molecule has 0 spiro atoms. The summed E-state index contributed by atoms with van der Waals surface area (Å²) in [6.07, 6.45) is 5.90. The molecule has 6 rings (SSSR count). The van der Waals surface area contributed by atoms with Gasteiger partial charge in [-0.25, -0.2) is 15.0 Å². The van der Waals surface area contributed by atoms with Gasteiger partial charge in [0.05, 0.1) is 33.6 Å². The van der Waals surface area contributed by atoms with E-state index in [-0.39, 0.29) is 23.0 Å². The lowest BCUT2D eigenvalue weighted by Gasteiger charge is -2.40. The second-order valence-electron chi connectivity index (χ2n) is 10.8. The molecule has 212 valence electrons. The minimum atomic E-state index is 0.143.